The third-order valence-corrected chi connectivity index (χ3v) is 5.58. The van der Waals surface area contributed by atoms with Crippen molar-refractivity contribution in [1.29, 1.82) is 0 Å². The van der Waals surface area contributed by atoms with Gasteiger partial charge in [-0.05, 0) is 25.0 Å². The Labute approximate surface area is 133 Å². The lowest BCUT2D eigenvalue weighted by molar-refractivity contribution is -0.140. The zero-order chi connectivity index (χ0) is 14.9. The Morgan fingerprint density at radius 3 is 2.67 bits per heavy atom. The molecule has 1 aromatic heterocycles. The molecule has 0 aromatic carbocycles. The maximum absolute atomic E-state index is 13.0. The van der Waals surface area contributed by atoms with Gasteiger partial charge in [-0.1, -0.05) is 30.9 Å². The molecule has 1 saturated heterocycles. The minimum Gasteiger partial charge on any atom is -0.342 e. The van der Waals surface area contributed by atoms with E-state index in [2.05, 4.69) is 5.32 Å². The molecule has 114 valence electrons. The van der Waals surface area contributed by atoms with E-state index in [0.29, 0.717) is 19.5 Å². The molecule has 3 rings (SSSR count). The van der Waals surface area contributed by atoms with Crippen molar-refractivity contribution in [2.75, 3.05) is 6.54 Å². The van der Waals surface area contributed by atoms with Crippen molar-refractivity contribution in [3.8, 4) is 0 Å². The highest BCUT2D eigenvalue weighted by atomic mass is 35.5. The number of rotatable bonds is 2. The first-order valence-electron chi connectivity index (χ1n) is 7.44. The fourth-order valence-electron chi connectivity index (χ4n) is 3.29. The van der Waals surface area contributed by atoms with Gasteiger partial charge in [0.15, 0.2) is 0 Å². The fourth-order valence-corrected chi connectivity index (χ4v) is 4.40. The van der Waals surface area contributed by atoms with Crippen LogP contribution in [0.2, 0.25) is 4.34 Å². The quantitative estimate of drug-likeness (QED) is 0.908. The van der Waals surface area contributed by atoms with Crippen molar-refractivity contribution < 1.29 is 9.59 Å². The molecular formula is C15H19ClN2O2S. The van der Waals surface area contributed by atoms with E-state index in [1.165, 1.54) is 11.3 Å². The maximum atomic E-state index is 13.0. The third-order valence-electron chi connectivity index (χ3n) is 4.37. The van der Waals surface area contributed by atoms with Gasteiger partial charge in [-0.3, -0.25) is 9.59 Å². The Hall–Kier alpha value is -1.07. The number of carbonyl (C=O) groups excluding carboxylic acids is 2. The van der Waals surface area contributed by atoms with Crippen LogP contribution in [0.3, 0.4) is 0 Å². The second kappa shape index (κ2) is 5.97. The molecule has 1 N–H and O–H groups in total. The summed E-state index contributed by atoms with van der Waals surface area (Å²) in [6, 6.07) is 3.80. The van der Waals surface area contributed by atoms with Crippen molar-refractivity contribution in [2.24, 2.45) is 0 Å². The SMILES string of the molecule is O=C1CCN(Cc2ccc(Cl)s2)C(=O)C2(CCCCC2)N1. The Kier molecular flexibility index (Phi) is 4.22. The molecule has 4 nitrogen and oxygen atoms in total. The van der Waals surface area contributed by atoms with Crippen molar-refractivity contribution in [3.63, 3.8) is 0 Å². The van der Waals surface area contributed by atoms with E-state index >= 15 is 0 Å². The minimum atomic E-state index is -0.660. The lowest BCUT2D eigenvalue weighted by Crippen LogP contribution is -2.57. The highest BCUT2D eigenvalue weighted by Gasteiger charge is 2.44. The van der Waals surface area contributed by atoms with Gasteiger partial charge in [0.25, 0.3) is 0 Å². The Bertz CT molecular complexity index is 552. The topological polar surface area (TPSA) is 49.4 Å². The first kappa shape index (κ1) is 14.9. The first-order chi connectivity index (χ1) is 10.1. The average Bonchev–Trinajstić information content (AvgIpc) is 2.84. The van der Waals surface area contributed by atoms with E-state index in [4.69, 9.17) is 11.6 Å². The van der Waals surface area contributed by atoms with Crippen LogP contribution in [-0.2, 0) is 16.1 Å². The standard InChI is InChI=1S/C15H19ClN2O2S/c16-12-5-4-11(21-12)10-18-9-6-13(19)17-15(14(18)20)7-2-1-3-8-15/h4-5H,1-3,6-10H2,(H,17,19). The fraction of sp³-hybridized carbons (Fsp3) is 0.600. The van der Waals surface area contributed by atoms with Gasteiger partial charge in [-0.15, -0.1) is 11.3 Å². The van der Waals surface area contributed by atoms with Crippen LogP contribution in [0.25, 0.3) is 0 Å². The highest BCUT2D eigenvalue weighted by molar-refractivity contribution is 7.16. The molecule has 1 aliphatic heterocycles. The zero-order valence-corrected chi connectivity index (χ0v) is 13.4. The summed E-state index contributed by atoms with van der Waals surface area (Å²) in [5, 5.41) is 3.01. The first-order valence-corrected chi connectivity index (χ1v) is 8.63. The highest BCUT2D eigenvalue weighted by Crippen LogP contribution is 2.32. The molecule has 0 atom stereocenters. The predicted octanol–water partition coefficient (Wildman–Crippen LogP) is 2.95. The van der Waals surface area contributed by atoms with Crippen LogP contribution in [0, 0.1) is 0 Å². The van der Waals surface area contributed by atoms with Gasteiger partial charge < -0.3 is 10.2 Å². The van der Waals surface area contributed by atoms with E-state index in [1.54, 1.807) is 0 Å². The number of hydrogen-bond acceptors (Lipinski definition) is 3. The number of nitrogens with zero attached hydrogens (tertiary/aromatic N) is 1. The summed E-state index contributed by atoms with van der Waals surface area (Å²) >= 11 is 7.45. The number of carbonyl (C=O) groups is 2. The van der Waals surface area contributed by atoms with E-state index in [-0.39, 0.29) is 11.8 Å². The molecule has 2 amide bonds. The van der Waals surface area contributed by atoms with Crippen LogP contribution in [-0.4, -0.2) is 28.8 Å². The summed E-state index contributed by atoms with van der Waals surface area (Å²) in [5.74, 6) is 0.0783. The number of thiophene rings is 1. The normalized spacial score (nSPS) is 22.2. The van der Waals surface area contributed by atoms with Gasteiger partial charge in [0.2, 0.25) is 11.8 Å². The van der Waals surface area contributed by atoms with Crippen molar-refractivity contribution in [1.82, 2.24) is 10.2 Å². The summed E-state index contributed by atoms with van der Waals surface area (Å²) in [5.41, 5.74) is -0.660. The molecule has 1 saturated carbocycles. The lowest BCUT2D eigenvalue weighted by atomic mass is 9.80. The molecule has 2 heterocycles. The van der Waals surface area contributed by atoms with Gasteiger partial charge in [0.1, 0.15) is 5.54 Å². The summed E-state index contributed by atoms with van der Waals surface area (Å²) < 4.78 is 0.730. The molecule has 2 fully saturated rings. The summed E-state index contributed by atoms with van der Waals surface area (Å²) in [7, 11) is 0. The molecule has 6 heteroatoms. The summed E-state index contributed by atoms with van der Waals surface area (Å²) in [4.78, 5) is 27.8. The molecule has 0 unspecified atom stereocenters. The van der Waals surface area contributed by atoms with Crippen LogP contribution < -0.4 is 5.32 Å². The van der Waals surface area contributed by atoms with E-state index in [9.17, 15) is 9.59 Å². The maximum Gasteiger partial charge on any atom is 0.248 e. The Morgan fingerprint density at radius 1 is 1.24 bits per heavy atom. The number of halogens is 1. The lowest BCUT2D eigenvalue weighted by Gasteiger charge is -2.38. The van der Waals surface area contributed by atoms with Gasteiger partial charge in [0, 0.05) is 17.8 Å². The van der Waals surface area contributed by atoms with Crippen LogP contribution >= 0.6 is 22.9 Å². The van der Waals surface area contributed by atoms with Gasteiger partial charge in [0.05, 0.1) is 10.9 Å². The molecular weight excluding hydrogens is 308 g/mol. The number of nitrogens with one attached hydrogen (secondary N) is 1. The molecule has 1 aliphatic carbocycles. The van der Waals surface area contributed by atoms with E-state index in [1.807, 2.05) is 17.0 Å². The van der Waals surface area contributed by atoms with Crippen LogP contribution in [0.1, 0.15) is 43.4 Å². The van der Waals surface area contributed by atoms with Gasteiger partial charge in [-0.2, -0.15) is 0 Å². The molecule has 0 radical (unpaired) electrons. The monoisotopic (exact) mass is 326 g/mol. The molecule has 0 bridgehead atoms. The molecule has 1 spiro atoms. The summed E-state index contributed by atoms with van der Waals surface area (Å²) in [6.07, 6.45) is 5.06. The Morgan fingerprint density at radius 2 is 2.00 bits per heavy atom. The zero-order valence-electron chi connectivity index (χ0n) is 11.9. The molecule has 1 aromatic rings. The van der Waals surface area contributed by atoms with Crippen molar-refractivity contribution in [2.45, 2.75) is 50.6 Å². The number of amides is 2. The van der Waals surface area contributed by atoms with Crippen LogP contribution in [0.15, 0.2) is 12.1 Å². The van der Waals surface area contributed by atoms with Crippen molar-refractivity contribution >= 4 is 34.8 Å². The average molecular weight is 327 g/mol. The second-order valence-corrected chi connectivity index (χ2v) is 7.67. The van der Waals surface area contributed by atoms with Gasteiger partial charge in [-0.25, -0.2) is 0 Å². The summed E-state index contributed by atoms with van der Waals surface area (Å²) in [6.45, 7) is 1.04. The predicted molar refractivity (Wildman–Crippen MR) is 83.3 cm³/mol. The molecule has 2 aliphatic rings. The van der Waals surface area contributed by atoms with Crippen molar-refractivity contribution in [3.05, 3.63) is 21.3 Å². The second-order valence-electron chi connectivity index (χ2n) is 5.87. The van der Waals surface area contributed by atoms with E-state index < -0.39 is 5.54 Å². The third kappa shape index (κ3) is 3.09. The molecule has 21 heavy (non-hydrogen) atoms. The van der Waals surface area contributed by atoms with Crippen LogP contribution in [0.5, 0.6) is 0 Å². The minimum absolute atomic E-state index is 0.00281. The van der Waals surface area contributed by atoms with Gasteiger partial charge >= 0.3 is 0 Å². The number of hydrogen-bond donors (Lipinski definition) is 1. The Balaban J connectivity index is 1.82. The van der Waals surface area contributed by atoms with E-state index in [0.717, 1.165) is 41.3 Å². The largest absolute Gasteiger partial charge is 0.342 e. The smallest absolute Gasteiger partial charge is 0.248 e. The van der Waals surface area contributed by atoms with Crippen LogP contribution in [0.4, 0.5) is 0 Å².